The second-order valence-electron chi connectivity index (χ2n) is 16.0. The van der Waals surface area contributed by atoms with E-state index in [9.17, 15) is 27.9 Å². The summed E-state index contributed by atoms with van der Waals surface area (Å²) in [6.45, 7) is 0. The zero-order chi connectivity index (χ0) is 45.0. The summed E-state index contributed by atoms with van der Waals surface area (Å²) in [5, 5.41) is 12.5. The van der Waals surface area contributed by atoms with Crippen LogP contribution in [-0.4, -0.2) is 50.8 Å². The predicted octanol–water partition coefficient (Wildman–Crippen LogP) is 9.88. The molecule has 10 rings (SSSR count). The van der Waals surface area contributed by atoms with Crippen molar-refractivity contribution in [2.75, 3.05) is 17.4 Å². The molecule has 64 heavy (non-hydrogen) atoms. The summed E-state index contributed by atoms with van der Waals surface area (Å²) in [4.78, 5) is 69.4. The average Bonchev–Trinajstić information content (AvgIpc) is 3.89. The number of nitrogens with one attached hydrogen (secondary N) is 1. The highest BCUT2D eigenvalue weighted by Crippen LogP contribution is 2.65. The van der Waals surface area contributed by atoms with Crippen molar-refractivity contribution >= 4 is 85.4 Å². The maximum atomic E-state index is 15.5. The van der Waals surface area contributed by atoms with E-state index < -0.39 is 81.2 Å². The molecule has 0 radical (unpaired) electrons. The Labute approximate surface area is 379 Å². The number of anilines is 2. The Kier molecular flexibility index (Phi) is 9.92. The molecule has 6 aromatic rings. The number of phenolic OH excluding ortho intramolecular Hbond substituents is 1. The van der Waals surface area contributed by atoms with E-state index >= 15 is 9.59 Å². The lowest BCUT2D eigenvalue weighted by Gasteiger charge is -2.50. The first-order chi connectivity index (χ1) is 30.6. The summed E-state index contributed by atoms with van der Waals surface area (Å²) in [6, 6.07) is 24.0. The molecule has 12 nitrogen and oxygen atoms in total. The van der Waals surface area contributed by atoms with Gasteiger partial charge in [0.1, 0.15) is 5.52 Å². The Morgan fingerprint density at radius 2 is 1.67 bits per heavy atom. The molecular weight excluding hydrogens is 942 g/mol. The van der Waals surface area contributed by atoms with Crippen LogP contribution in [0, 0.1) is 23.7 Å². The van der Waals surface area contributed by atoms with Crippen LogP contribution in [-0.2, 0) is 30.8 Å². The van der Waals surface area contributed by atoms with E-state index in [-0.39, 0.29) is 29.9 Å². The number of rotatable bonds is 7. The van der Waals surface area contributed by atoms with Crippen LogP contribution in [0.5, 0.6) is 11.5 Å². The van der Waals surface area contributed by atoms with Gasteiger partial charge in [0, 0.05) is 32.7 Å². The number of aromatic hydroxyl groups is 1. The maximum Gasteiger partial charge on any atom is 0.417 e. The molecule has 6 atom stereocenters. The molecule has 1 saturated carbocycles. The van der Waals surface area contributed by atoms with Crippen LogP contribution >= 0.6 is 39.1 Å². The van der Waals surface area contributed by atoms with Crippen LogP contribution in [0.15, 0.2) is 118 Å². The Morgan fingerprint density at radius 1 is 0.938 bits per heavy atom. The van der Waals surface area contributed by atoms with Gasteiger partial charge in [-0.05, 0) is 91.1 Å². The summed E-state index contributed by atoms with van der Waals surface area (Å²) in [5.74, 6) is -8.15. The van der Waals surface area contributed by atoms with Crippen LogP contribution in [0.25, 0.3) is 22.6 Å². The minimum atomic E-state index is -4.78. The molecule has 3 fully saturated rings. The van der Waals surface area contributed by atoms with E-state index in [0.717, 1.165) is 4.90 Å². The minimum absolute atomic E-state index is 0.0377. The zero-order valence-electron chi connectivity index (χ0n) is 33.1. The van der Waals surface area contributed by atoms with E-state index in [2.05, 4.69) is 31.3 Å². The molecular formula is C46H31BrCl2F3N5O7. The number of fused-ring (bicyclic) bond motifs is 5. The van der Waals surface area contributed by atoms with Crippen LogP contribution in [0.4, 0.5) is 24.7 Å². The van der Waals surface area contributed by atoms with Gasteiger partial charge in [-0.25, -0.2) is 9.97 Å². The maximum absolute atomic E-state index is 15.5. The number of carbonyl (C=O) groups is 4. The quantitative estimate of drug-likeness (QED) is 0.117. The fourth-order valence-electron chi connectivity index (χ4n) is 10.1. The zero-order valence-corrected chi connectivity index (χ0v) is 36.2. The minimum Gasteiger partial charge on any atom is -0.504 e. The molecule has 2 aliphatic carbocycles. The number of benzene rings is 4. The molecule has 0 bridgehead atoms. The Bertz CT molecular complexity index is 2970. The van der Waals surface area contributed by atoms with Gasteiger partial charge in [0.25, 0.3) is 11.8 Å². The third-order valence-corrected chi connectivity index (χ3v) is 13.8. The first-order valence-corrected chi connectivity index (χ1v) is 21.4. The molecule has 4 aliphatic rings. The Balaban J connectivity index is 1.10. The van der Waals surface area contributed by atoms with Gasteiger partial charge in [0.15, 0.2) is 22.9 Å². The van der Waals surface area contributed by atoms with Gasteiger partial charge in [-0.2, -0.15) is 18.2 Å². The second kappa shape index (κ2) is 15.2. The SMILES string of the molecule is COc1cc(Br)cc([C@H]2C3=CC[C@@H]4C(=O)N(c5ccc(-c6nc7ccccc7o6)cc5)C(=O)[C@@H]4[C@@H]3C[C@H]3C(=O)N(Nc4ncc(C(F)(F)F)cc4Cl)C(=O)[C@@]23c2ccc(Cl)cc2)c1O. The number of carbonyl (C=O) groups excluding carboxylic acids is 4. The normalized spacial score (nSPS) is 24.2. The second-order valence-corrected chi connectivity index (χ2v) is 17.8. The first-order valence-electron chi connectivity index (χ1n) is 19.9. The number of hydrazine groups is 1. The fraction of sp³-hybridized carbons (Fsp3) is 0.217. The summed E-state index contributed by atoms with van der Waals surface area (Å²) >= 11 is 16.2. The molecule has 4 amide bonds. The molecule has 324 valence electrons. The van der Waals surface area contributed by atoms with Gasteiger partial charge < -0.3 is 14.3 Å². The average molecular weight is 974 g/mol. The topological polar surface area (TPSA) is 155 Å². The molecule has 2 N–H and O–H groups in total. The molecule has 4 aromatic carbocycles. The number of oxazole rings is 1. The fourth-order valence-corrected chi connectivity index (χ4v) is 10.9. The molecule has 2 saturated heterocycles. The number of alkyl halides is 3. The number of imide groups is 2. The van der Waals surface area contributed by atoms with E-state index in [4.69, 9.17) is 32.4 Å². The van der Waals surface area contributed by atoms with Crippen LogP contribution in [0.1, 0.15) is 35.4 Å². The number of allylic oxidation sites excluding steroid dienone is 2. The smallest absolute Gasteiger partial charge is 0.417 e. The van der Waals surface area contributed by atoms with Crippen molar-refractivity contribution in [3.05, 3.63) is 140 Å². The highest BCUT2D eigenvalue weighted by Gasteiger charge is 2.71. The number of halogens is 6. The third kappa shape index (κ3) is 6.31. The number of hydrogen-bond donors (Lipinski definition) is 2. The number of para-hydroxylation sites is 2. The van der Waals surface area contributed by atoms with Crippen LogP contribution < -0.4 is 15.1 Å². The van der Waals surface area contributed by atoms with Crippen molar-refractivity contribution < 1.29 is 46.6 Å². The summed E-state index contributed by atoms with van der Waals surface area (Å²) in [5.41, 5.74) is 2.76. The van der Waals surface area contributed by atoms with Crippen molar-refractivity contribution in [2.45, 2.75) is 30.4 Å². The van der Waals surface area contributed by atoms with Crippen LogP contribution in [0.3, 0.4) is 0 Å². The molecule has 18 heteroatoms. The van der Waals surface area contributed by atoms with Crippen molar-refractivity contribution in [2.24, 2.45) is 23.7 Å². The number of hydrogen-bond acceptors (Lipinski definition) is 10. The summed E-state index contributed by atoms with van der Waals surface area (Å²) < 4.78 is 52.7. The van der Waals surface area contributed by atoms with E-state index in [1.807, 2.05) is 24.3 Å². The number of phenols is 1. The number of amides is 4. The number of pyridine rings is 1. The van der Waals surface area contributed by atoms with Crippen molar-refractivity contribution in [1.29, 1.82) is 0 Å². The van der Waals surface area contributed by atoms with Crippen LogP contribution in [0.2, 0.25) is 10.0 Å². The molecule has 0 unspecified atom stereocenters. The monoisotopic (exact) mass is 971 g/mol. The first kappa shape index (κ1) is 41.8. The molecule has 4 heterocycles. The van der Waals surface area contributed by atoms with Crippen molar-refractivity contribution in [1.82, 2.24) is 15.0 Å². The van der Waals surface area contributed by atoms with E-state index in [1.165, 1.54) is 13.2 Å². The van der Waals surface area contributed by atoms with Gasteiger partial charge in [-0.3, -0.25) is 29.5 Å². The van der Waals surface area contributed by atoms with E-state index in [1.54, 1.807) is 60.7 Å². The third-order valence-electron chi connectivity index (χ3n) is 12.8. The summed E-state index contributed by atoms with van der Waals surface area (Å²) in [7, 11) is 1.35. The van der Waals surface area contributed by atoms with Gasteiger partial charge in [0.2, 0.25) is 17.7 Å². The Hall–Kier alpha value is -6.23. The van der Waals surface area contributed by atoms with Gasteiger partial charge >= 0.3 is 6.18 Å². The lowest BCUT2D eigenvalue weighted by molar-refractivity contribution is -0.139. The van der Waals surface area contributed by atoms with Gasteiger partial charge in [-0.15, -0.1) is 0 Å². The number of methoxy groups -OCH3 is 1. The number of nitrogens with zero attached hydrogens (tertiary/aromatic N) is 4. The lowest BCUT2D eigenvalue weighted by Crippen LogP contribution is -2.53. The standard InChI is InChI=1S/C46H31BrCl2F3N5O7/c1-63-35-18-24(47)17-30(38(35)58)37-27-14-15-28-36(43(61)56(41(28)59)26-12-6-21(7-13-26)40-54-33-4-2-3-5-34(33)64-40)29(27)19-31-42(60)57(44(62)45(31,37)22-8-10-25(48)11-9-22)55-39-32(49)16-23(20-53-39)46(50,51)52/h2-14,16-18,20,28-29,31,36-37,58H,15,19H2,1H3,(H,53,55)/t28-,29+,31-,36-,37+,45+/m0/s1. The van der Waals surface area contributed by atoms with Crippen molar-refractivity contribution in [3.8, 4) is 23.0 Å². The van der Waals surface area contributed by atoms with Crippen molar-refractivity contribution in [3.63, 3.8) is 0 Å². The highest BCUT2D eigenvalue weighted by molar-refractivity contribution is 9.10. The highest BCUT2D eigenvalue weighted by atomic mass is 79.9. The van der Waals surface area contributed by atoms with E-state index in [0.29, 0.717) is 66.1 Å². The molecule has 0 spiro atoms. The lowest BCUT2D eigenvalue weighted by atomic mass is 9.49. The Morgan fingerprint density at radius 3 is 2.36 bits per heavy atom. The largest absolute Gasteiger partial charge is 0.504 e. The molecule has 2 aromatic heterocycles. The van der Waals surface area contributed by atoms with Gasteiger partial charge in [0.05, 0.1) is 46.6 Å². The number of aromatic nitrogens is 2. The van der Waals surface area contributed by atoms with Gasteiger partial charge in [-0.1, -0.05) is 75.0 Å². The predicted molar refractivity (Wildman–Crippen MR) is 231 cm³/mol. The molecule has 2 aliphatic heterocycles. The number of ether oxygens (including phenoxy) is 1. The summed E-state index contributed by atoms with van der Waals surface area (Å²) in [6.07, 6.45) is -2.50.